The van der Waals surface area contributed by atoms with E-state index in [0.717, 1.165) is 44.3 Å². The lowest BCUT2D eigenvalue weighted by atomic mass is 10.1. The number of hydrogen-bond acceptors (Lipinski definition) is 3. The molecule has 1 atom stereocenters. The van der Waals surface area contributed by atoms with Gasteiger partial charge >= 0.3 is 0 Å². The molecule has 3 heteroatoms. The molecule has 17 heavy (non-hydrogen) atoms. The van der Waals surface area contributed by atoms with Crippen LogP contribution in [-0.2, 0) is 17.6 Å². The molecule has 0 amide bonds. The Hall–Kier alpha value is -1.06. The van der Waals surface area contributed by atoms with Crippen molar-refractivity contribution in [1.29, 1.82) is 0 Å². The number of nitrogens with zero attached hydrogens (tertiary/aromatic N) is 1. The molecular formula is C14H20N2O. The Bertz CT molecular complexity index is 399. The summed E-state index contributed by atoms with van der Waals surface area (Å²) in [6.45, 7) is 5.14. The van der Waals surface area contributed by atoms with Gasteiger partial charge in [-0.15, -0.1) is 0 Å². The first-order valence-electron chi connectivity index (χ1n) is 6.49. The van der Waals surface area contributed by atoms with Crippen molar-refractivity contribution in [2.24, 2.45) is 5.92 Å². The van der Waals surface area contributed by atoms with Gasteiger partial charge in [0.2, 0.25) is 0 Å². The van der Waals surface area contributed by atoms with Crippen molar-refractivity contribution >= 4 is 5.69 Å². The quantitative estimate of drug-likeness (QED) is 0.782. The van der Waals surface area contributed by atoms with Gasteiger partial charge in [0.05, 0.1) is 13.2 Å². The highest BCUT2D eigenvalue weighted by Crippen LogP contribution is 2.31. The van der Waals surface area contributed by atoms with E-state index in [1.54, 1.807) is 0 Å². The number of hydrogen-bond donors (Lipinski definition) is 1. The van der Waals surface area contributed by atoms with Crippen LogP contribution in [0.4, 0.5) is 5.69 Å². The molecule has 1 unspecified atom stereocenters. The van der Waals surface area contributed by atoms with Crippen molar-refractivity contribution < 1.29 is 4.74 Å². The maximum Gasteiger partial charge on any atom is 0.0594 e. The smallest absolute Gasteiger partial charge is 0.0594 e. The zero-order valence-electron chi connectivity index (χ0n) is 10.2. The van der Waals surface area contributed by atoms with E-state index in [4.69, 9.17) is 10.5 Å². The summed E-state index contributed by atoms with van der Waals surface area (Å²) in [5.41, 5.74) is 9.87. The number of benzene rings is 1. The van der Waals surface area contributed by atoms with Gasteiger partial charge in [0.25, 0.3) is 0 Å². The lowest BCUT2D eigenvalue weighted by Crippen LogP contribution is -2.39. The molecule has 3 rings (SSSR count). The van der Waals surface area contributed by atoms with Gasteiger partial charge in [-0.1, -0.05) is 12.1 Å². The highest BCUT2D eigenvalue weighted by Gasteiger charge is 2.25. The summed E-state index contributed by atoms with van der Waals surface area (Å²) >= 11 is 0. The number of morpholine rings is 1. The number of fused-ring (bicyclic) bond motifs is 1. The molecule has 92 valence electrons. The number of rotatable bonds is 2. The first-order valence-corrected chi connectivity index (χ1v) is 6.49. The van der Waals surface area contributed by atoms with E-state index in [9.17, 15) is 0 Å². The summed E-state index contributed by atoms with van der Waals surface area (Å²) in [4.78, 5) is 2.52. The topological polar surface area (TPSA) is 38.5 Å². The average molecular weight is 232 g/mol. The molecule has 1 heterocycles. The van der Waals surface area contributed by atoms with Crippen LogP contribution in [0.1, 0.15) is 11.1 Å². The number of anilines is 1. The fourth-order valence-corrected chi connectivity index (χ4v) is 3.04. The molecule has 1 aliphatic carbocycles. The Morgan fingerprint density at radius 2 is 2.06 bits per heavy atom. The van der Waals surface area contributed by atoms with Crippen LogP contribution in [0, 0.1) is 5.92 Å². The number of nitrogen functional groups attached to an aromatic ring is 1. The summed E-state index contributed by atoms with van der Waals surface area (Å²) in [5.74, 6) is 0.743. The van der Waals surface area contributed by atoms with Crippen molar-refractivity contribution in [1.82, 2.24) is 4.90 Å². The van der Waals surface area contributed by atoms with E-state index >= 15 is 0 Å². The van der Waals surface area contributed by atoms with Crippen LogP contribution in [0.3, 0.4) is 0 Å². The zero-order chi connectivity index (χ0) is 11.7. The van der Waals surface area contributed by atoms with Crippen molar-refractivity contribution in [3.63, 3.8) is 0 Å². The van der Waals surface area contributed by atoms with Gasteiger partial charge in [-0.25, -0.2) is 0 Å². The molecule has 0 radical (unpaired) electrons. The second-order valence-corrected chi connectivity index (χ2v) is 5.17. The minimum absolute atomic E-state index is 0.743. The second-order valence-electron chi connectivity index (χ2n) is 5.17. The van der Waals surface area contributed by atoms with Crippen molar-refractivity contribution in [3.05, 3.63) is 29.3 Å². The lowest BCUT2D eigenvalue weighted by molar-refractivity contribution is 0.0313. The first-order chi connectivity index (χ1) is 8.33. The standard InChI is InChI=1S/C14H20N2O/c15-14-3-1-2-12-8-11(9-13(12)14)10-16-4-6-17-7-5-16/h1-3,11H,4-10,15H2. The van der Waals surface area contributed by atoms with Crippen LogP contribution < -0.4 is 5.73 Å². The maximum atomic E-state index is 6.03. The monoisotopic (exact) mass is 232 g/mol. The molecule has 0 saturated carbocycles. The van der Waals surface area contributed by atoms with Crippen LogP contribution in [0.2, 0.25) is 0 Å². The third-order valence-corrected chi connectivity index (χ3v) is 3.93. The third-order valence-electron chi connectivity index (χ3n) is 3.93. The summed E-state index contributed by atoms with van der Waals surface area (Å²) in [6.07, 6.45) is 2.34. The minimum Gasteiger partial charge on any atom is -0.398 e. The van der Waals surface area contributed by atoms with Crippen molar-refractivity contribution in [2.45, 2.75) is 12.8 Å². The van der Waals surface area contributed by atoms with E-state index in [1.165, 1.54) is 24.1 Å². The van der Waals surface area contributed by atoms with Gasteiger partial charge in [0.15, 0.2) is 0 Å². The molecule has 0 bridgehead atoms. The average Bonchev–Trinajstić information content (AvgIpc) is 2.74. The lowest BCUT2D eigenvalue weighted by Gasteiger charge is -2.28. The Kier molecular flexibility index (Phi) is 3.04. The Balaban J connectivity index is 1.63. The zero-order valence-corrected chi connectivity index (χ0v) is 10.2. The SMILES string of the molecule is Nc1cccc2c1CC(CN1CCOCC1)C2. The highest BCUT2D eigenvalue weighted by molar-refractivity contribution is 5.53. The maximum absolute atomic E-state index is 6.03. The first kappa shape index (κ1) is 11.1. The van der Waals surface area contributed by atoms with Crippen LogP contribution >= 0.6 is 0 Å². The molecule has 2 N–H and O–H groups in total. The van der Waals surface area contributed by atoms with Gasteiger partial charge in [0.1, 0.15) is 0 Å². The Morgan fingerprint density at radius 3 is 2.82 bits per heavy atom. The molecule has 3 nitrogen and oxygen atoms in total. The predicted octanol–water partition coefficient (Wildman–Crippen LogP) is 1.32. The van der Waals surface area contributed by atoms with E-state index in [0.29, 0.717) is 0 Å². The molecule has 1 fully saturated rings. The van der Waals surface area contributed by atoms with Gasteiger partial charge < -0.3 is 10.5 Å². The van der Waals surface area contributed by atoms with Crippen LogP contribution in [0.15, 0.2) is 18.2 Å². The summed E-state index contributed by atoms with van der Waals surface area (Å²) < 4.78 is 5.38. The second kappa shape index (κ2) is 4.67. The van der Waals surface area contributed by atoms with E-state index in [-0.39, 0.29) is 0 Å². The number of nitrogens with two attached hydrogens (primary N) is 1. The van der Waals surface area contributed by atoms with Crippen molar-refractivity contribution in [2.75, 3.05) is 38.6 Å². The van der Waals surface area contributed by atoms with Gasteiger partial charge in [0, 0.05) is 25.3 Å². The summed E-state index contributed by atoms with van der Waals surface area (Å²) in [6, 6.07) is 6.33. The summed E-state index contributed by atoms with van der Waals surface area (Å²) in [5, 5.41) is 0. The molecule has 0 spiro atoms. The van der Waals surface area contributed by atoms with Gasteiger partial charge in [-0.05, 0) is 36.0 Å². The molecule has 0 aromatic heterocycles. The van der Waals surface area contributed by atoms with Gasteiger partial charge in [-0.2, -0.15) is 0 Å². The normalized spacial score (nSPS) is 24.8. The number of ether oxygens (including phenoxy) is 1. The van der Waals surface area contributed by atoms with E-state index in [1.807, 2.05) is 6.07 Å². The fourth-order valence-electron chi connectivity index (χ4n) is 3.04. The van der Waals surface area contributed by atoms with E-state index in [2.05, 4.69) is 17.0 Å². The predicted molar refractivity (Wildman–Crippen MR) is 69.0 cm³/mol. The minimum atomic E-state index is 0.743. The molecule has 1 saturated heterocycles. The van der Waals surface area contributed by atoms with Crippen LogP contribution in [-0.4, -0.2) is 37.7 Å². The third kappa shape index (κ3) is 2.31. The van der Waals surface area contributed by atoms with Crippen LogP contribution in [0.25, 0.3) is 0 Å². The molecule has 2 aliphatic rings. The Morgan fingerprint density at radius 1 is 1.24 bits per heavy atom. The van der Waals surface area contributed by atoms with Crippen LogP contribution in [0.5, 0.6) is 0 Å². The van der Waals surface area contributed by atoms with E-state index < -0.39 is 0 Å². The molecule has 1 aliphatic heterocycles. The molecular weight excluding hydrogens is 212 g/mol. The van der Waals surface area contributed by atoms with Gasteiger partial charge in [-0.3, -0.25) is 4.90 Å². The largest absolute Gasteiger partial charge is 0.398 e. The highest BCUT2D eigenvalue weighted by atomic mass is 16.5. The molecule has 1 aromatic rings. The van der Waals surface area contributed by atoms with Crippen molar-refractivity contribution in [3.8, 4) is 0 Å². The Labute approximate surface area is 103 Å². The molecule has 1 aromatic carbocycles. The summed E-state index contributed by atoms with van der Waals surface area (Å²) in [7, 11) is 0. The fraction of sp³-hybridized carbons (Fsp3) is 0.571.